The maximum Gasteiger partial charge on any atom is 0.220 e. The van der Waals surface area contributed by atoms with Gasteiger partial charge in [-0.2, -0.15) is 0 Å². The minimum atomic E-state index is 0.183. The Labute approximate surface area is 92.8 Å². The Hall–Kier alpha value is -0.570. The van der Waals surface area contributed by atoms with Gasteiger partial charge in [0.2, 0.25) is 5.91 Å². The third kappa shape index (κ3) is 4.65. The third-order valence-electron chi connectivity index (χ3n) is 3.23. The van der Waals surface area contributed by atoms with E-state index in [2.05, 4.69) is 19.2 Å². The Kier molecular flexibility index (Phi) is 5.09. The Morgan fingerprint density at radius 2 is 2.20 bits per heavy atom. The van der Waals surface area contributed by atoms with Crippen molar-refractivity contribution in [2.45, 2.75) is 52.0 Å². The molecule has 0 bridgehead atoms. The number of nitrogens with one attached hydrogen (secondary N) is 1. The van der Waals surface area contributed by atoms with Crippen LogP contribution < -0.4 is 11.1 Å². The van der Waals surface area contributed by atoms with Crippen LogP contribution in [0.15, 0.2) is 0 Å². The van der Waals surface area contributed by atoms with Crippen LogP contribution in [0.1, 0.15) is 46.0 Å². The van der Waals surface area contributed by atoms with E-state index >= 15 is 0 Å². The summed E-state index contributed by atoms with van der Waals surface area (Å²) < 4.78 is 0. The first-order valence-electron chi connectivity index (χ1n) is 6.12. The van der Waals surface area contributed by atoms with Gasteiger partial charge in [-0.1, -0.05) is 20.3 Å². The molecule has 1 amide bonds. The molecule has 0 aromatic carbocycles. The SMILES string of the molecule is CC(C)CCC(=O)NCC1CCCC1N. The lowest BCUT2D eigenvalue weighted by atomic mass is 10.0. The van der Waals surface area contributed by atoms with Crippen LogP contribution in [0.4, 0.5) is 0 Å². The molecule has 0 radical (unpaired) electrons. The topological polar surface area (TPSA) is 55.1 Å². The second kappa shape index (κ2) is 6.11. The number of rotatable bonds is 5. The molecule has 0 aromatic heterocycles. The average Bonchev–Trinajstić information content (AvgIpc) is 2.58. The van der Waals surface area contributed by atoms with Crippen LogP contribution in [0.2, 0.25) is 0 Å². The molecule has 1 rings (SSSR count). The Morgan fingerprint density at radius 3 is 2.73 bits per heavy atom. The molecule has 1 aliphatic rings. The molecule has 0 saturated heterocycles. The number of hydrogen-bond donors (Lipinski definition) is 2. The van der Waals surface area contributed by atoms with Crippen molar-refractivity contribution in [1.29, 1.82) is 0 Å². The molecular formula is C12H24N2O. The van der Waals surface area contributed by atoms with E-state index in [4.69, 9.17) is 5.73 Å². The molecule has 1 fully saturated rings. The second-order valence-corrected chi connectivity index (χ2v) is 5.09. The second-order valence-electron chi connectivity index (χ2n) is 5.09. The fourth-order valence-corrected chi connectivity index (χ4v) is 2.07. The van der Waals surface area contributed by atoms with Crippen LogP contribution in [0.25, 0.3) is 0 Å². The van der Waals surface area contributed by atoms with E-state index in [9.17, 15) is 4.79 Å². The summed E-state index contributed by atoms with van der Waals surface area (Å²) in [6.45, 7) is 5.05. The van der Waals surface area contributed by atoms with Crippen LogP contribution >= 0.6 is 0 Å². The van der Waals surface area contributed by atoms with Crippen molar-refractivity contribution in [2.75, 3.05) is 6.54 Å². The van der Waals surface area contributed by atoms with E-state index in [0.29, 0.717) is 24.3 Å². The van der Waals surface area contributed by atoms with Crippen LogP contribution in [0.3, 0.4) is 0 Å². The van der Waals surface area contributed by atoms with Crippen LogP contribution in [0, 0.1) is 11.8 Å². The lowest BCUT2D eigenvalue weighted by molar-refractivity contribution is -0.121. The van der Waals surface area contributed by atoms with Crippen LogP contribution in [-0.2, 0) is 4.79 Å². The molecule has 3 N–H and O–H groups in total. The van der Waals surface area contributed by atoms with E-state index in [-0.39, 0.29) is 5.91 Å². The minimum Gasteiger partial charge on any atom is -0.356 e. The maximum absolute atomic E-state index is 11.5. The predicted octanol–water partition coefficient (Wildman–Crippen LogP) is 1.67. The molecule has 2 unspecified atom stereocenters. The number of nitrogens with two attached hydrogens (primary N) is 1. The molecule has 1 saturated carbocycles. The summed E-state index contributed by atoms with van der Waals surface area (Å²) in [4.78, 5) is 11.5. The maximum atomic E-state index is 11.5. The molecule has 3 heteroatoms. The van der Waals surface area contributed by atoms with Gasteiger partial charge in [0.25, 0.3) is 0 Å². The Morgan fingerprint density at radius 1 is 1.47 bits per heavy atom. The fourth-order valence-electron chi connectivity index (χ4n) is 2.07. The lowest BCUT2D eigenvalue weighted by Crippen LogP contribution is -2.35. The number of amides is 1. The van der Waals surface area contributed by atoms with E-state index in [1.807, 2.05) is 0 Å². The monoisotopic (exact) mass is 212 g/mol. The normalized spacial score (nSPS) is 25.9. The summed E-state index contributed by atoms with van der Waals surface area (Å²) in [5, 5.41) is 2.99. The highest BCUT2D eigenvalue weighted by atomic mass is 16.1. The van der Waals surface area contributed by atoms with E-state index in [1.165, 1.54) is 12.8 Å². The van der Waals surface area contributed by atoms with Gasteiger partial charge in [-0.05, 0) is 31.1 Å². The van der Waals surface area contributed by atoms with Crippen molar-refractivity contribution in [2.24, 2.45) is 17.6 Å². The first-order chi connectivity index (χ1) is 7.09. The highest BCUT2D eigenvalue weighted by Crippen LogP contribution is 2.22. The van der Waals surface area contributed by atoms with E-state index in [1.54, 1.807) is 0 Å². The first kappa shape index (κ1) is 12.5. The molecule has 2 atom stereocenters. The average molecular weight is 212 g/mol. The van der Waals surface area contributed by atoms with Gasteiger partial charge in [0, 0.05) is 19.0 Å². The highest BCUT2D eigenvalue weighted by Gasteiger charge is 2.23. The standard InChI is InChI=1S/C12H24N2O/c1-9(2)6-7-12(15)14-8-10-4-3-5-11(10)13/h9-11H,3-8,13H2,1-2H3,(H,14,15). The predicted molar refractivity (Wildman–Crippen MR) is 62.4 cm³/mol. The number of carbonyl (C=O) groups is 1. The van der Waals surface area contributed by atoms with Crippen molar-refractivity contribution < 1.29 is 4.79 Å². The fraction of sp³-hybridized carbons (Fsp3) is 0.917. The molecular weight excluding hydrogens is 188 g/mol. The molecule has 0 aliphatic heterocycles. The zero-order chi connectivity index (χ0) is 11.3. The summed E-state index contributed by atoms with van der Waals surface area (Å²) in [5.74, 6) is 1.29. The summed E-state index contributed by atoms with van der Waals surface area (Å²) in [5.41, 5.74) is 5.94. The molecule has 1 aliphatic carbocycles. The van der Waals surface area contributed by atoms with E-state index < -0.39 is 0 Å². The van der Waals surface area contributed by atoms with Gasteiger partial charge < -0.3 is 11.1 Å². The summed E-state index contributed by atoms with van der Waals surface area (Å²) in [6.07, 6.45) is 5.13. The van der Waals surface area contributed by atoms with Crippen molar-refractivity contribution in [3.05, 3.63) is 0 Å². The highest BCUT2D eigenvalue weighted by molar-refractivity contribution is 5.75. The zero-order valence-electron chi connectivity index (χ0n) is 9.96. The summed E-state index contributed by atoms with van der Waals surface area (Å²) in [7, 11) is 0. The van der Waals surface area contributed by atoms with Gasteiger partial charge in [0.15, 0.2) is 0 Å². The van der Waals surface area contributed by atoms with Crippen molar-refractivity contribution in [3.63, 3.8) is 0 Å². The lowest BCUT2D eigenvalue weighted by Gasteiger charge is -2.16. The number of hydrogen-bond acceptors (Lipinski definition) is 2. The van der Waals surface area contributed by atoms with Crippen LogP contribution in [0.5, 0.6) is 0 Å². The quantitative estimate of drug-likeness (QED) is 0.728. The Balaban J connectivity index is 2.11. The van der Waals surface area contributed by atoms with Gasteiger partial charge in [-0.3, -0.25) is 4.79 Å². The van der Waals surface area contributed by atoms with Gasteiger partial charge in [0.05, 0.1) is 0 Å². The molecule has 15 heavy (non-hydrogen) atoms. The molecule has 0 spiro atoms. The summed E-state index contributed by atoms with van der Waals surface area (Å²) in [6, 6.07) is 0.301. The van der Waals surface area contributed by atoms with Crippen LogP contribution in [-0.4, -0.2) is 18.5 Å². The molecule has 0 heterocycles. The van der Waals surface area contributed by atoms with E-state index in [0.717, 1.165) is 19.4 Å². The largest absolute Gasteiger partial charge is 0.356 e. The first-order valence-corrected chi connectivity index (χ1v) is 6.12. The van der Waals surface area contributed by atoms with Gasteiger partial charge >= 0.3 is 0 Å². The van der Waals surface area contributed by atoms with Crippen molar-refractivity contribution >= 4 is 5.91 Å². The van der Waals surface area contributed by atoms with Crippen molar-refractivity contribution in [3.8, 4) is 0 Å². The third-order valence-corrected chi connectivity index (χ3v) is 3.23. The molecule has 3 nitrogen and oxygen atoms in total. The van der Waals surface area contributed by atoms with Gasteiger partial charge in [-0.25, -0.2) is 0 Å². The minimum absolute atomic E-state index is 0.183. The summed E-state index contributed by atoms with van der Waals surface area (Å²) >= 11 is 0. The smallest absolute Gasteiger partial charge is 0.220 e. The van der Waals surface area contributed by atoms with Gasteiger partial charge in [0.1, 0.15) is 0 Å². The molecule has 0 aromatic rings. The Bertz CT molecular complexity index is 204. The zero-order valence-corrected chi connectivity index (χ0v) is 9.96. The van der Waals surface area contributed by atoms with Gasteiger partial charge in [-0.15, -0.1) is 0 Å². The van der Waals surface area contributed by atoms with Crippen molar-refractivity contribution in [1.82, 2.24) is 5.32 Å². The number of carbonyl (C=O) groups excluding carboxylic acids is 1. The molecule has 88 valence electrons.